The van der Waals surface area contributed by atoms with Crippen LogP contribution in [-0.4, -0.2) is 32.2 Å². The van der Waals surface area contributed by atoms with Gasteiger partial charge >= 0.3 is 6.18 Å². The molecule has 3 rings (SSSR count). The fraction of sp³-hybridized carbons (Fsp3) is 0.346. The molecule has 1 aliphatic heterocycles. The Hall–Kier alpha value is -2.97. The van der Waals surface area contributed by atoms with Gasteiger partial charge in [0.1, 0.15) is 5.69 Å². The summed E-state index contributed by atoms with van der Waals surface area (Å²) in [7, 11) is 0. The first-order chi connectivity index (χ1) is 16.3. The molecule has 2 heterocycles. The van der Waals surface area contributed by atoms with Gasteiger partial charge in [0.25, 0.3) is 0 Å². The second-order valence-electron chi connectivity index (χ2n) is 8.88. The van der Waals surface area contributed by atoms with E-state index < -0.39 is 29.0 Å². The molecule has 0 spiro atoms. The van der Waals surface area contributed by atoms with E-state index in [-0.39, 0.29) is 22.7 Å². The van der Waals surface area contributed by atoms with Crippen molar-refractivity contribution in [2.45, 2.75) is 52.4 Å². The highest BCUT2D eigenvalue weighted by molar-refractivity contribution is 6.49. The lowest BCUT2D eigenvalue weighted by Crippen LogP contribution is -2.48. The van der Waals surface area contributed by atoms with Gasteiger partial charge < -0.3 is 10.0 Å². The molecule has 0 saturated heterocycles. The van der Waals surface area contributed by atoms with Crippen LogP contribution in [0.4, 0.5) is 13.2 Å². The van der Waals surface area contributed by atoms with Crippen molar-refractivity contribution >= 4 is 23.2 Å². The highest BCUT2D eigenvalue weighted by Gasteiger charge is 2.48. The smallest absolute Gasteiger partial charge is 0.374 e. The predicted octanol–water partition coefficient (Wildman–Crippen LogP) is 5.63. The first kappa shape index (κ1) is 26.6. The quantitative estimate of drug-likeness (QED) is 0.400. The molecule has 2 atom stereocenters. The highest BCUT2D eigenvalue weighted by atomic mass is 35.5. The molecule has 0 amide bonds. The standard InChI is InChI=1S/C26H26ClF3N2O3/c1-5-15(2)10-16(3)6-8-18-11-19-20(23(33)25(4,35)24(34)22(19)27)14-32(18)13-17-7-9-21(31-12-17)26(28,29)30/h6-12,14-15,35H,5,13H2,1-4H3/b8-6+,16-10+/t15-,25+/m0/s1. The number of allylic oxidation sites excluding steroid dienone is 6. The van der Waals surface area contributed by atoms with E-state index in [1.165, 1.54) is 12.3 Å². The molecule has 35 heavy (non-hydrogen) atoms. The number of nitrogens with zero attached hydrogens (tertiary/aromatic N) is 2. The lowest BCUT2D eigenvalue weighted by Gasteiger charge is -2.34. The number of hydrogen-bond acceptors (Lipinski definition) is 5. The van der Waals surface area contributed by atoms with Crippen molar-refractivity contribution in [3.05, 3.63) is 87.5 Å². The van der Waals surface area contributed by atoms with Gasteiger partial charge in [0.15, 0.2) is 5.60 Å². The molecule has 0 fully saturated rings. The predicted molar refractivity (Wildman–Crippen MR) is 127 cm³/mol. The van der Waals surface area contributed by atoms with Crippen molar-refractivity contribution in [2.75, 3.05) is 0 Å². The Morgan fingerprint density at radius 1 is 1.29 bits per heavy atom. The van der Waals surface area contributed by atoms with Gasteiger partial charge in [-0.15, -0.1) is 0 Å². The Balaban J connectivity index is 2.04. The second kappa shape index (κ2) is 9.95. The number of Topliss-reactive ketones (excluding diaryl/α,β-unsaturated/α-hetero) is 2. The molecule has 1 N–H and O–H groups in total. The summed E-state index contributed by atoms with van der Waals surface area (Å²) in [5.41, 5.74) is -1.06. The normalized spacial score (nSPS) is 22.4. The molecule has 5 nitrogen and oxygen atoms in total. The SMILES string of the molecule is CC[C@H](C)/C=C(C)/C=C/C1=CC2=C(Cl)C(=O)[C@](C)(O)C(=O)C2=CN1Cc1ccc(C(F)(F)F)nc1. The van der Waals surface area contributed by atoms with Gasteiger partial charge in [-0.2, -0.15) is 13.2 Å². The zero-order chi connectivity index (χ0) is 26.1. The third kappa shape index (κ3) is 5.65. The van der Waals surface area contributed by atoms with E-state index in [1.54, 1.807) is 17.1 Å². The molecule has 1 aromatic heterocycles. The Morgan fingerprint density at radius 2 is 1.97 bits per heavy atom. The van der Waals surface area contributed by atoms with Crippen molar-refractivity contribution in [3.63, 3.8) is 0 Å². The third-order valence-electron chi connectivity index (χ3n) is 5.94. The maximum absolute atomic E-state index is 12.9. The van der Waals surface area contributed by atoms with E-state index in [1.807, 2.05) is 13.0 Å². The average Bonchev–Trinajstić information content (AvgIpc) is 2.80. The number of halogens is 4. The topological polar surface area (TPSA) is 70.5 Å². The highest BCUT2D eigenvalue weighted by Crippen LogP contribution is 2.38. The van der Waals surface area contributed by atoms with Crippen LogP contribution in [0, 0.1) is 5.92 Å². The summed E-state index contributed by atoms with van der Waals surface area (Å²) < 4.78 is 38.7. The molecular formula is C26H26ClF3N2O3. The number of rotatable bonds is 6. The van der Waals surface area contributed by atoms with E-state index in [0.29, 0.717) is 17.2 Å². The third-order valence-corrected chi connectivity index (χ3v) is 6.32. The van der Waals surface area contributed by atoms with Crippen molar-refractivity contribution in [3.8, 4) is 0 Å². The van der Waals surface area contributed by atoms with E-state index in [2.05, 4.69) is 24.9 Å². The maximum atomic E-state index is 12.9. The molecule has 9 heteroatoms. The van der Waals surface area contributed by atoms with Crippen molar-refractivity contribution in [2.24, 2.45) is 5.92 Å². The number of pyridine rings is 1. The van der Waals surface area contributed by atoms with Crippen LogP contribution in [0.3, 0.4) is 0 Å². The van der Waals surface area contributed by atoms with Crippen LogP contribution >= 0.6 is 11.6 Å². The number of carbonyl (C=O) groups is 2. The second-order valence-corrected chi connectivity index (χ2v) is 9.25. The van der Waals surface area contributed by atoms with Crippen molar-refractivity contribution < 1.29 is 27.9 Å². The van der Waals surface area contributed by atoms with Crippen LogP contribution in [0.2, 0.25) is 0 Å². The van der Waals surface area contributed by atoms with Gasteiger partial charge in [0, 0.05) is 35.8 Å². The van der Waals surface area contributed by atoms with Gasteiger partial charge in [0.05, 0.1) is 5.03 Å². The molecule has 1 aromatic rings. The number of carbonyl (C=O) groups excluding carboxylic acids is 2. The summed E-state index contributed by atoms with van der Waals surface area (Å²) >= 11 is 6.24. The monoisotopic (exact) mass is 506 g/mol. The van der Waals surface area contributed by atoms with E-state index >= 15 is 0 Å². The summed E-state index contributed by atoms with van der Waals surface area (Å²) in [6.45, 7) is 7.28. The van der Waals surface area contributed by atoms with E-state index in [0.717, 1.165) is 31.2 Å². The van der Waals surface area contributed by atoms with Gasteiger partial charge in [0.2, 0.25) is 11.6 Å². The fourth-order valence-electron chi connectivity index (χ4n) is 3.67. The van der Waals surface area contributed by atoms with Crippen LogP contribution in [0.5, 0.6) is 0 Å². The summed E-state index contributed by atoms with van der Waals surface area (Å²) in [5, 5.41) is 10.2. The zero-order valence-electron chi connectivity index (χ0n) is 19.8. The minimum atomic E-state index is -4.55. The molecule has 1 aliphatic carbocycles. The zero-order valence-corrected chi connectivity index (χ0v) is 20.5. The first-order valence-corrected chi connectivity index (χ1v) is 11.4. The number of hydrogen-bond donors (Lipinski definition) is 1. The fourth-order valence-corrected chi connectivity index (χ4v) is 4.01. The lowest BCUT2D eigenvalue weighted by atomic mass is 9.79. The van der Waals surface area contributed by atoms with Gasteiger partial charge in [-0.1, -0.05) is 55.7 Å². The van der Waals surface area contributed by atoms with E-state index in [9.17, 15) is 27.9 Å². The summed E-state index contributed by atoms with van der Waals surface area (Å²) in [6, 6.07) is 2.20. The Kier molecular flexibility index (Phi) is 7.57. The number of ketones is 2. The minimum Gasteiger partial charge on any atom is -0.374 e. The van der Waals surface area contributed by atoms with Crippen LogP contribution < -0.4 is 0 Å². The van der Waals surface area contributed by atoms with Gasteiger partial charge in [-0.3, -0.25) is 14.6 Å². The van der Waals surface area contributed by atoms with Crippen molar-refractivity contribution in [1.29, 1.82) is 0 Å². The molecule has 0 bridgehead atoms. The van der Waals surface area contributed by atoms with Crippen molar-refractivity contribution in [1.82, 2.24) is 9.88 Å². The Morgan fingerprint density at radius 3 is 2.54 bits per heavy atom. The lowest BCUT2D eigenvalue weighted by molar-refractivity contribution is -0.144. The maximum Gasteiger partial charge on any atom is 0.433 e. The van der Waals surface area contributed by atoms with Gasteiger partial charge in [-0.05, 0) is 43.5 Å². The van der Waals surface area contributed by atoms with Gasteiger partial charge in [-0.25, -0.2) is 0 Å². The summed E-state index contributed by atoms with van der Waals surface area (Å²) in [6.07, 6.45) is 6.30. The molecule has 0 unspecified atom stereocenters. The molecular weight excluding hydrogens is 481 g/mol. The van der Waals surface area contributed by atoms with E-state index in [4.69, 9.17) is 11.6 Å². The number of aliphatic hydroxyl groups is 1. The van der Waals surface area contributed by atoms with Crippen LogP contribution in [0.15, 0.2) is 76.3 Å². The number of fused-ring (bicyclic) bond motifs is 1. The molecule has 0 saturated carbocycles. The minimum absolute atomic E-state index is 0.0449. The van der Waals surface area contributed by atoms with Crippen LogP contribution in [0.1, 0.15) is 45.4 Å². The average molecular weight is 507 g/mol. The number of alkyl halides is 3. The Bertz CT molecular complexity index is 1190. The first-order valence-electron chi connectivity index (χ1n) is 11.1. The summed E-state index contributed by atoms with van der Waals surface area (Å²) in [5.74, 6) is -1.32. The Labute approximate surface area is 207 Å². The molecule has 186 valence electrons. The largest absolute Gasteiger partial charge is 0.433 e. The molecule has 2 aliphatic rings. The molecule has 0 radical (unpaired) electrons. The number of aromatic nitrogens is 1. The molecule has 0 aromatic carbocycles. The van der Waals surface area contributed by atoms with Crippen LogP contribution in [-0.2, 0) is 22.3 Å². The summed E-state index contributed by atoms with van der Waals surface area (Å²) in [4.78, 5) is 30.5. The van der Waals surface area contributed by atoms with Crippen LogP contribution in [0.25, 0.3) is 0 Å².